The number of fused-ring (bicyclic) bond motifs is 1. The largest absolute Gasteiger partial charge is 0.336 e. The number of amides is 3. The molecule has 1 aromatic heterocycles. The van der Waals surface area contributed by atoms with Crippen LogP contribution in [0, 0.1) is 0 Å². The number of thioether (sulfide) groups is 1. The average Bonchev–Trinajstić information content (AvgIpc) is 2.77. The highest BCUT2D eigenvalue weighted by Gasteiger charge is 2.16. The summed E-state index contributed by atoms with van der Waals surface area (Å²) in [6, 6.07) is 14.3. The van der Waals surface area contributed by atoms with E-state index in [9.17, 15) is 14.4 Å². The van der Waals surface area contributed by atoms with Gasteiger partial charge < -0.3 is 5.32 Å². The zero-order valence-electron chi connectivity index (χ0n) is 18.7. The summed E-state index contributed by atoms with van der Waals surface area (Å²) in [6.07, 6.45) is 1.03. The van der Waals surface area contributed by atoms with E-state index in [0.717, 1.165) is 18.2 Å². The topological polar surface area (TPSA) is 93.1 Å². The molecule has 0 aliphatic rings. The number of nitrogens with one attached hydrogen (secondary N) is 2. The molecule has 0 bridgehead atoms. The molecule has 2 N–H and O–H groups in total. The Kier molecular flexibility index (Phi) is 7.69. The molecule has 0 saturated heterocycles. The summed E-state index contributed by atoms with van der Waals surface area (Å²) in [5.41, 5.74) is 2.24. The Hall–Kier alpha value is -3.13. The molecule has 168 valence electrons. The first-order chi connectivity index (χ1) is 15.3. The Bertz CT molecular complexity index is 1170. The number of hydrogen-bond donors (Lipinski definition) is 2. The van der Waals surface area contributed by atoms with Crippen molar-refractivity contribution in [3.05, 3.63) is 64.4 Å². The molecule has 1 heterocycles. The van der Waals surface area contributed by atoms with Crippen LogP contribution in [0.1, 0.15) is 45.6 Å². The van der Waals surface area contributed by atoms with Crippen molar-refractivity contribution in [3.8, 4) is 5.69 Å². The van der Waals surface area contributed by atoms with Gasteiger partial charge in [-0.3, -0.25) is 19.5 Å². The van der Waals surface area contributed by atoms with Crippen LogP contribution in [0.3, 0.4) is 0 Å². The fraction of sp³-hybridized carbons (Fsp3) is 0.333. The van der Waals surface area contributed by atoms with Gasteiger partial charge in [0.15, 0.2) is 5.16 Å². The number of imide groups is 1. The van der Waals surface area contributed by atoms with E-state index in [1.165, 1.54) is 10.1 Å². The molecule has 0 fully saturated rings. The van der Waals surface area contributed by atoms with Crippen molar-refractivity contribution in [2.75, 3.05) is 5.75 Å². The third kappa shape index (κ3) is 5.56. The summed E-state index contributed by atoms with van der Waals surface area (Å²) >= 11 is 1.11. The number of carbonyl (C=O) groups is 2. The molecule has 3 rings (SSSR count). The molecule has 0 aliphatic carbocycles. The number of carbonyl (C=O) groups excluding carboxylic acids is 2. The van der Waals surface area contributed by atoms with Crippen LogP contribution < -0.4 is 16.2 Å². The Morgan fingerprint density at radius 3 is 2.41 bits per heavy atom. The van der Waals surface area contributed by atoms with Crippen molar-refractivity contribution < 1.29 is 9.59 Å². The highest BCUT2D eigenvalue weighted by atomic mass is 32.2. The van der Waals surface area contributed by atoms with Crippen molar-refractivity contribution in [3.63, 3.8) is 0 Å². The minimum atomic E-state index is -0.546. The quantitative estimate of drug-likeness (QED) is 0.413. The molecule has 0 aliphatic heterocycles. The lowest BCUT2D eigenvalue weighted by atomic mass is 9.98. The predicted molar refractivity (Wildman–Crippen MR) is 129 cm³/mol. The summed E-state index contributed by atoms with van der Waals surface area (Å²) in [5, 5.41) is 5.80. The van der Waals surface area contributed by atoms with Crippen molar-refractivity contribution in [2.45, 2.75) is 51.2 Å². The van der Waals surface area contributed by atoms with Crippen LogP contribution in [0.5, 0.6) is 0 Å². The Morgan fingerprint density at radius 2 is 1.75 bits per heavy atom. The minimum Gasteiger partial charge on any atom is -0.336 e. The van der Waals surface area contributed by atoms with Gasteiger partial charge in [0.25, 0.3) is 5.56 Å². The monoisotopic (exact) mass is 452 g/mol. The Morgan fingerprint density at radius 1 is 1.06 bits per heavy atom. The molecule has 3 amide bonds. The predicted octanol–water partition coefficient (Wildman–Crippen LogP) is 4.23. The highest BCUT2D eigenvalue weighted by molar-refractivity contribution is 7.99. The number of urea groups is 1. The lowest BCUT2D eigenvalue weighted by molar-refractivity contribution is -0.117. The van der Waals surface area contributed by atoms with Gasteiger partial charge in [0, 0.05) is 6.04 Å². The number of hydrogen-bond acceptors (Lipinski definition) is 5. The maximum Gasteiger partial charge on any atom is 0.321 e. The van der Waals surface area contributed by atoms with E-state index in [1.54, 1.807) is 18.2 Å². The second-order valence-electron chi connectivity index (χ2n) is 7.92. The number of para-hydroxylation sites is 1. The first-order valence-corrected chi connectivity index (χ1v) is 11.6. The van der Waals surface area contributed by atoms with E-state index in [0.29, 0.717) is 27.7 Å². The van der Waals surface area contributed by atoms with E-state index in [2.05, 4.69) is 29.5 Å². The van der Waals surface area contributed by atoms with Gasteiger partial charge >= 0.3 is 6.03 Å². The maximum atomic E-state index is 13.3. The standard InChI is InChI=1S/C24H28N4O3S/c1-5-16(4)17-10-12-18(13-11-17)28-22(30)19-8-6-7-9-20(19)26-24(28)32-14-21(29)27-23(31)25-15(2)3/h6-13,15-16H,5,14H2,1-4H3,(H2,25,27,29,31). The van der Waals surface area contributed by atoms with Crippen molar-refractivity contribution in [2.24, 2.45) is 0 Å². The third-order valence-corrected chi connectivity index (χ3v) is 6.02. The van der Waals surface area contributed by atoms with E-state index >= 15 is 0 Å². The van der Waals surface area contributed by atoms with Gasteiger partial charge in [0.1, 0.15) is 0 Å². The molecule has 0 radical (unpaired) electrons. The van der Waals surface area contributed by atoms with Gasteiger partial charge in [0.2, 0.25) is 5.91 Å². The fourth-order valence-electron chi connectivity index (χ4n) is 3.22. The Balaban J connectivity index is 1.94. The normalized spacial score (nSPS) is 12.0. The second-order valence-corrected chi connectivity index (χ2v) is 8.86. The number of aromatic nitrogens is 2. The van der Waals surface area contributed by atoms with E-state index in [-0.39, 0.29) is 17.4 Å². The maximum absolute atomic E-state index is 13.3. The summed E-state index contributed by atoms with van der Waals surface area (Å²) in [4.78, 5) is 42.0. The van der Waals surface area contributed by atoms with Crippen LogP contribution in [0.15, 0.2) is 58.5 Å². The minimum absolute atomic E-state index is 0.0543. The molecule has 0 spiro atoms. The zero-order valence-corrected chi connectivity index (χ0v) is 19.5. The van der Waals surface area contributed by atoms with Gasteiger partial charge in [-0.05, 0) is 56.0 Å². The highest BCUT2D eigenvalue weighted by Crippen LogP contribution is 2.24. The van der Waals surface area contributed by atoms with E-state index < -0.39 is 11.9 Å². The summed E-state index contributed by atoms with van der Waals surface area (Å²) < 4.78 is 1.52. The molecule has 2 aromatic carbocycles. The third-order valence-electron chi connectivity index (χ3n) is 5.08. The summed E-state index contributed by atoms with van der Waals surface area (Å²) in [5.74, 6) is -0.0967. The fourth-order valence-corrected chi connectivity index (χ4v) is 4.03. The molecular weight excluding hydrogens is 424 g/mol. The smallest absolute Gasteiger partial charge is 0.321 e. The lowest BCUT2D eigenvalue weighted by Crippen LogP contribution is -2.43. The number of nitrogens with zero attached hydrogens (tertiary/aromatic N) is 2. The van der Waals surface area contributed by atoms with Gasteiger partial charge in [-0.1, -0.05) is 49.9 Å². The SMILES string of the molecule is CCC(C)c1ccc(-n2c(SCC(=O)NC(=O)NC(C)C)nc3ccccc3c2=O)cc1. The summed E-state index contributed by atoms with van der Waals surface area (Å²) in [6.45, 7) is 7.91. The van der Waals surface area contributed by atoms with Crippen LogP contribution in [0.2, 0.25) is 0 Å². The van der Waals surface area contributed by atoms with E-state index in [4.69, 9.17) is 0 Å². The van der Waals surface area contributed by atoms with Gasteiger partial charge in [-0.25, -0.2) is 9.78 Å². The molecule has 3 aromatic rings. The van der Waals surface area contributed by atoms with Crippen LogP contribution in [0.4, 0.5) is 4.79 Å². The molecule has 32 heavy (non-hydrogen) atoms. The number of rotatable bonds is 7. The zero-order chi connectivity index (χ0) is 23.3. The van der Waals surface area contributed by atoms with Gasteiger partial charge in [0.05, 0.1) is 22.3 Å². The van der Waals surface area contributed by atoms with Crippen LogP contribution in [-0.2, 0) is 4.79 Å². The lowest BCUT2D eigenvalue weighted by Gasteiger charge is -2.15. The number of benzene rings is 2. The van der Waals surface area contributed by atoms with Crippen LogP contribution in [-0.4, -0.2) is 33.3 Å². The van der Waals surface area contributed by atoms with Crippen LogP contribution in [0.25, 0.3) is 16.6 Å². The van der Waals surface area contributed by atoms with Crippen LogP contribution >= 0.6 is 11.8 Å². The molecule has 1 unspecified atom stereocenters. The molecule has 7 nitrogen and oxygen atoms in total. The van der Waals surface area contributed by atoms with Crippen molar-refractivity contribution >= 4 is 34.6 Å². The van der Waals surface area contributed by atoms with Gasteiger partial charge in [-0.15, -0.1) is 0 Å². The van der Waals surface area contributed by atoms with Crippen molar-refractivity contribution in [1.82, 2.24) is 20.2 Å². The van der Waals surface area contributed by atoms with Gasteiger partial charge in [-0.2, -0.15) is 0 Å². The summed E-state index contributed by atoms with van der Waals surface area (Å²) in [7, 11) is 0. The molecular formula is C24H28N4O3S. The average molecular weight is 453 g/mol. The van der Waals surface area contributed by atoms with Crippen molar-refractivity contribution in [1.29, 1.82) is 0 Å². The van der Waals surface area contributed by atoms with E-state index in [1.807, 2.05) is 44.2 Å². The molecule has 1 atom stereocenters. The molecule has 0 saturated carbocycles. The molecule has 8 heteroatoms. The Labute approximate surface area is 191 Å². The first kappa shape index (κ1) is 23.5. The second kappa shape index (κ2) is 10.5. The first-order valence-electron chi connectivity index (χ1n) is 10.7.